The fourth-order valence-corrected chi connectivity index (χ4v) is 1.94. The molecule has 132 valence electrons. The number of aryl methyl sites for hydroxylation is 2. The Bertz CT molecular complexity index is 438. The minimum Gasteiger partial charge on any atom is -0.444 e. The number of carbonyl (C=O) groups excluding carboxylic acids is 1. The van der Waals surface area contributed by atoms with Gasteiger partial charge in [0.2, 0.25) is 0 Å². The Kier molecular flexibility index (Phi) is 10.2. The lowest BCUT2D eigenvalue weighted by molar-refractivity contribution is 0.0635. The van der Waals surface area contributed by atoms with Crippen molar-refractivity contribution in [1.29, 1.82) is 0 Å². The molecule has 23 heavy (non-hydrogen) atoms. The lowest BCUT2D eigenvalue weighted by Gasteiger charge is -2.19. The average Bonchev–Trinajstić information content (AvgIpc) is 2.96. The summed E-state index contributed by atoms with van der Waals surface area (Å²) in [6, 6.07) is 3.75. The Hall–Kier alpha value is -1.66. The Morgan fingerprint density at radius 2 is 1.78 bits per heavy atom. The first kappa shape index (κ1) is 21.3. The Morgan fingerprint density at radius 3 is 2.17 bits per heavy atom. The summed E-state index contributed by atoms with van der Waals surface area (Å²) in [6.45, 7) is 11.8. The molecule has 0 bridgehead atoms. The molecule has 0 radical (unpaired) electrons. The molecule has 0 atom stereocenters. The van der Waals surface area contributed by atoms with Crippen LogP contribution in [0, 0.1) is 13.8 Å². The normalized spacial score (nSPS) is 13.2. The van der Waals surface area contributed by atoms with E-state index >= 15 is 0 Å². The van der Waals surface area contributed by atoms with Crippen LogP contribution in [0.15, 0.2) is 12.1 Å². The van der Waals surface area contributed by atoms with Gasteiger partial charge < -0.3 is 15.8 Å². The number of hydrogen-bond donors (Lipinski definition) is 3. The van der Waals surface area contributed by atoms with Crippen molar-refractivity contribution < 1.29 is 9.53 Å². The van der Waals surface area contributed by atoms with Gasteiger partial charge >= 0.3 is 6.09 Å². The number of nitrogens with zero attached hydrogens (tertiary/aromatic N) is 1. The molecule has 1 fully saturated rings. The highest BCUT2D eigenvalue weighted by atomic mass is 16.6. The van der Waals surface area contributed by atoms with Crippen molar-refractivity contribution in [2.24, 2.45) is 5.73 Å². The molecule has 2 rings (SSSR count). The number of nitrogens with two attached hydrogens (primary N) is 1. The summed E-state index contributed by atoms with van der Waals surface area (Å²) in [5.41, 5.74) is 5.92. The highest BCUT2D eigenvalue weighted by Crippen LogP contribution is 2.12. The number of aromatic nitrogens is 1. The van der Waals surface area contributed by atoms with Gasteiger partial charge in [-0.15, -0.1) is 0 Å². The predicted molar refractivity (Wildman–Crippen MR) is 95.8 cm³/mol. The van der Waals surface area contributed by atoms with Crippen LogP contribution >= 0.6 is 0 Å². The van der Waals surface area contributed by atoms with Crippen molar-refractivity contribution >= 4 is 11.9 Å². The van der Waals surface area contributed by atoms with Crippen LogP contribution < -0.4 is 16.4 Å². The zero-order valence-corrected chi connectivity index (χ0v) is 15.3. The van der Waals surface area contributed by atoms with Crippen molar-refractivity contribution in [2.75, 3.05) is 25.5 Å². The molecule has 1 aliphatic rings. The van der Waals surface area contributed by atoms with E-state index in [0.29, 0.717) is 5.82 Å². The highest BCUT2D eigenvalue weighted by molar-refractivity contribution is 5.83. The Balaban J connectivity index is 0.000000574. The Labute approximate surface area is 140 Å². The molecule has 0 spiro atoms. The first-order valence-electron chi connectivity index (χ1n) is 8.00. The molecular weight excluding hydrogens is 292 g/mol. The SMILES string of the molecule is C1CCNC1.CN.Cc1cc(C)nc(NC(=O)OC(C)(C)C)c1. The van der Waals surface area contributed by atoms with Crippen molar-refractivity contribution in [1.82, 2.24) is 10.3 Å². The van der Waals surface area contributed by atoms with E-state index in [1.165, 1.54) is 33.0 Å². The molecule has 2 heterocycles. The summed E-state index contributed by atoms with van der Waals surface area (Å²) < 4.78 is 5.13. The second-order valence-electron chi connectivity index (χ2n) is 6.26. The maximum absolute atomic E-state index is 11.5. The van der Waals surface area contributed by atoms with Crippen molar-refractivity contribution in [3.05, 3.63) is 23.4 Å². The van der Waals surface area contributed by atoms with Gasteiger partial charge in [0.05, 0.1) is 0 Å². The van der Waals surface area contributed by atoms with Crippen LogP contribution in [0.2, 0.25) is 0 Å². The van der Waals surface area contributed by atoms with Gasteiger partial charge in [-0.1, -0.05) is 0 Å². The molecule has 6 heteroatoms. The summed E-state index contributed by atoms with van der Waals surface area (Å²) in [6.07, 6.45) is 2.30. The predicted octanol–water partition coefficient (Wildman–Crippen LogP) is 2.99. The number of pyridine rings is 1. The van der Waals surface area contributed by atoms with Crippen molar-refractivity contribution in [3.63, 3.8) is 0 Å². The number of rotatable bonds is 1. The first-order valence-corrected chi connectivity index (χ1v) is 8.00. The second kappa shape index (κ2) is 11.0. The van der Waals surface area contributed by atoms with Crippen LogP contribution in [0.1, 0.15) is 44.9 Å². The van der Waals surface area contributed by atoms with Crippen LogP contribution in [0.25, 0.3) is 0 Å². The average molecular weight is 324 g/mol. The van der Waals surface area contributed by atoms with Gasteiger partial charge in [-0.05, 0) is 85.3 Å². The number of hydrogen-bond acceptors (Lipinski definition) is 5. The van der Waals surface area contributed by atoms with Gasteiger partial charge in [-0.25, -0.2) is 9.78 Å². The van der Waals surface area contributed by atoms with E-state index in [0.717, 1.165) is 11.3 Å². The van der Waals surface area contributed by atoms with Crippen LogP contribution in [-0.4, -0.2) is 36.8 Å². The summed E-state index contributed by atoms with van der Waals surface area (Å²) >= 11 is 0. The third-order valence-electron chi connectivity index (χ3n) is 2.68. The van der Waals surface area contributed by atoms with Crippen LogP contribution in [0.5, 0.6) is 0 Å². The van der Waals surface area contributed by atoms with E-state index in [2.05, 4.69) is 21.4 Å². The van der Waals surface area contributed by atoms with Crippen LogP contribution in [0.4, 0.5) is 10.6 Å². The van der Waals surface area contributed by atoms with Crippen molar-refractivity contribution in [2.45, 2.75) is 53.1 Å². The molecule has 0 aliphatic carbocycles. The van der Waals surface area contributed by atoms with E-state index < -0.39 is 11.7 Å². The summed E-state index contributed by atoms with van der Waals surface area (Å²) in [7, 11) is 1.50. The monoisotopic (exact) mass is 324 g/mol. The minimum atomic E-state index is -0.497. The van der Waals surface area contributed by atoms with E-state index in [4.69, 9.17) is 4.74 Å². The summed E-state index contributed by atoms with van der Waals surface area (Å²) in [5, 5.41) is 5.83. The van der Waals surface area contributed by atoms with Gasteiger partial charge in [0.25, 0.3) is 0 Å². The van der Waals surface area contributed by atoms with Crippen molar-refractivity contribution in [3.8, 4) is 0 Å². The number of ether oxygens (including phenoxy) is 1. The van der Waals surface area contributed by atoms with Gasteiger partial charge in [-0.2, -0.15) is 0 Å². The zero-order chi connectivity index (χ0) is 17.9. The highest BCUT2D eigenvalue weighted by Gasteiger charge is 2.16. The molecule has 6 nitrogen and oxygen atoms in total. The van der Waals surface area contributed by atoms with Gasteiger partial charge in [0, 0.05) is 5.69 Å². The van der Waals surface area contributed by atoms with E-state index in [-0.39, 0.29) is 0 Å². The van der Waals surface area contributed by atoms with Crippen LogP contribution in [-0.2, 0) is 4.74 Å². The maximum Gasteiger partial charge on any atom is 0.413 e. The largest absolute Gasteiger partial charge is 0.444 e. The quantitative estimate of drug-likeness (QED) is 0.739. The standard InChI is InChI=1S/C12H18N2O2.C4H9N.CH5N/c1-8-6-9(2)13-10(7-8)14-11(15)16-12(3,4)5;1-2-4-5-3-1;1-2/h6-7H,1-5H3,(H,13,14,15);5H,1-4H2;2H2,1H3. The smallest absolute Gasteiger partial charge is 0.413 e. The number of amides is 1. The fraction of sp³-hybridized carbons (Fsp3) is 0.647. The Morgan fingerprint density at radius 1 is 1.22 bits per heavy atom. The molecular formula is C17H32N4O2. The maximum atomic E-state index is 11.5. The molecule has 0 aromatic carbocycles. The van der Waals surface area contributed by atoms with E-state index in [1.54, 1.807) is 6.07 Å². The summed E-state index contributed by atoms with van der Waals surface area (Å²) in [4.78, 5) is 15.7. The lowest BCUT2D eigenvalue weighted by Crippen LogP contribution is -2.27. The molecule has 1 aliphatic heterocycles. The molecule has 1 saturated heterocycles. The topological polar surface area (TPSA) is 89.3 Å². The third kappa shape index (κ3) is 11.5. The van der Waals surface area contributed by atoms with E-state index in [9.17, 15) is 4.79 Å². The van der Waals surface area contributed by atoms with Gasteiger partial charge in [0.15, 0.2) is 0 Å². The molecule has 1 aromatic rings. The van der Waals surface area contributed by atoms with Gasteiger partial charge in [-0.3, -0.25) is 5.32 Å². The number of nitrogens with one attached hydrogen (secondary N) is 2. The molecule has 0 unspecified atom stereocenters. The third-order valence-corrected chi connectivity index (χ3v) is 2.68. The molecule has 0 saturated carbocycles. The fourth-order valence-electron chi connectivity index (χ4n) is 1.94. The van der Waals surface area contributed by atoms with E-state index in [1.807, 2.05) is 40.7 Å². The molecule has 1 amide bonds. The second-order valence-corrected chi connectivity index (χ2v) is 6.26. The molecule has 1 aromatic heterocycles. The minimum absolute atomic E-state index is 0.481. The van der Waals surface area contributed by atoms with Gasteiger partial charge in [0.1, 0.15) is 11.4 Å². The molecule has 4 N–H and O–H groups in total. The van der Waals surface area contributed by atoms with Crippen LogP contribution in [0.3, 0.4) is 0 Å². The zero-order valence-electron chi connectivity index (χ0n) is 15.3. The number of carbonyl (C=O) groups is 1. The lowest BCUT2D eigenvalue weighted by atomic mass is 10.2. The number of anilines is 1. The first-order chi connectivity index (χ1) is 10.8. The summed E-state index contributed by atoms with van der Waals surface area (Å²) in [5.74, 6) is 0.520.